The van der Waals surface area contributed by atoms with Gasteiger partial charge in [-0.05, 0) is 71.7 Å². The number of rotatable bonds is 10. The SMILES string of the molecule is CCOc1cc(/C=N/NC(=O)c2ccc(C)cc2)cc(Br)c1OCC(=O)Nc1ccccc1OC. The highest BCUT2D eigenvalue weighted by Crippen LogP contribution is 2.36. The van der Waals surface area contributed by atoms with Crippen LogP contribution in [0.25, 0.3) is 0 Å². The van der Waals surface area contributed by atoms with Gasteiger partial charge < -0.3 is 19.5 Å². The Morgan fingerprint density at radius 1 is 1.03 bits per heavy atom. The summed E-state index contributed by atoms with van der Waals surface area (Å²) in [7, 11) is 1.53. The molecule has 0 saturated heterocycles. The van der Waals surface area contributed by atoms with E-state index in [4.69, 9.17) is 14.2 Å². The van der Waals surface area contributed by atoms with Crippen LogP contribution in [0.3, 0.4) is 0 Å². The van der Waals surface area contributed by atoms with Crippen molar-refractivity contribution >= 4 is 39.6 Å². The molecule has 2 N–H and O–H groups in total. The molecule has 3 aromatic rings. The number of amides is 2. The van der Waals surface area contributed by atoms with Gasteiger partial charge in [0.15, 0.2) is 18.1 Å². The summed E-state index contributed by atoms with van der Waals surface area (Å²) in [6, 6.07) is 17.8. The molecule has 0 aliphatic heterocycles. The maximum atomic E-state index is 12.4. The summed E-state index contributed by atoms with van der Waals surface area (Å²) in [5, 5.41) is 6.79. The summed E-state index contributed by atoms with van der Waals surface area (Å²) < 4.78 is 17.3. The maximum Gasteiger partial charge on any atom is 0.271 e. The van der Waals surface area contributed by atoms with Gasteiger partial charge in [0.2, 0.25) is 0 Å². The molecule has 0 atom stereocenters. The molecule has 0 aliphatic carbocycles. The van der Waals surface area contributed by atoms with Crippen LogP contribution in [-0.4, -0.2) is 38.4 Å². The number of ether oxygens (including phenoxy) is 3. The molecular formula is C26H26BrN3O5. The highest BCUT2D eigenvalue weighted by molar-refractivity contribution is 9.10. The molecule has 8 nitrogen and oxygen atoms in total. The zero-order chi connectivity index (χ0) is 25.2. The average molecular weight is 540 g/mol. The summed E-state index contributed by atoms with van der Waals surface area (Å²) in [4.78, 5) is 24.7. The van der Waals surface area contributed by atoms with E-state index < -0.39 is 0 Å². The average Bonchev–Trinajstić information content (AvgIpc) is 2.84. The number of aryl methyl sites for hydroxylation is 1. The van der Waals surface area contributed by atoms with Crippen LogP contribution in [0.5, 0.6) is 17.2 Å². The van der Waals surface area contributed by atoms with Gasteiger partial charge in [-0.15, -0.1) is 0 Å². The smallest absolute Gasteiger partial charge is 0.271 e. The Morgan fingerprint density at radius 3 is 2.49 bits per heavy atom. The van der Waals surface area contributed by atoms with Crippen LogP contribution in [0, 0.1) is 6.92 Å². The Hall–Kier alpha value is -3.85. The fraction of sp³-hybridized carbons (Fsp3) is 0.192. The molecule has 3 rings (SSSR count). The fourth-order valence-electron chi connectivity index (χ4n) is 3.07. The lowest BCUT2D eigenvalue weighted by Gasteiger charge is -2.15. The van der Waals surface area contributed by atoms with E-state index in [0.29, 0.717) is 45.1 Å². The van der Waals surface area contributed by atoms with E-state index in [0.717, 1.165) is 5.56 Å². The zero-order valence-corrected chi connectivity index (χ0v) is 21.2. The molecule has 0 spiro atoms. The molecule has 0 saturated carbocycles. The minimum Gasteiger partial charge on any atom is -0.495 e. The number of hydrogen-bond donors (Lipinski definition) is 2. The summed E-state index contributed by atoms with van der Waals surface area (Å²) >= 11 is 3.47. The molecule has 0 unspecified atom stereocenters. The van der Waals surface area contributed by atoms with E-state index in [2.05, 4.69) is 31.8 Å². The molecule has 0 bridgehead atoms. The second-order valence-corrected chi connectivity index (χ2v) is 8.22. The van der Waals surface area contributed by atoms with E-state index >= 15 is 0 Å². The van der Waals surface area contributed by atoms with Crippen molar-refractivity contribution in [2.24, 2.45) is 5.10 Å². The molecule has 3 aromatic carbocycles. The molecule has 35 heavy (non-hydrogen) atoms. The Morgan fingerprint density at radius 2 is 1.77 bits per heavy atom. The van der Waals surface area contributed by atoms with E-state index in [1.165, 1.54) is 13.3 Å². The number of carbonyl (C=O) groups is 2. The van der Waals surface area contributed by atoms with Gasteiger partial charge in [-0.25, -0.2) is 5.43 Å². The van der Waals surface area contributed by atoms with Gasteiger partial charge in [-0.3, -0.25) is 9.59 Å². The van der Waals surface area contributed by atoms with Crippen molar-refractivity contribution in [2.45, 2.75) is 13.8 Å². The third kappa shape index (κ3) is 7.31. The van der Waals surface area contributed by atoms with Crippen LogP contribution >= 0.6 is 15.9 Å². The van der Waals surface area contributed by atoms with E-state index in [-0.39, 0.29) is 18.4 Å². The number of halogens is 1. The lowest BCUT2D eigenvalue weighted by Crippen LogP contribution is -2.21. The Balaban J connectivity index is 1.66. The Kier molecular flexibility index (Phi) is 9.25. The predicted octanol–water partition coefficient (Wildman–Crippen LogP) is 4.95. The number of methoxy groups -OCH3 is 1. The van der Waals surface area contributed by atoms with Gasteiger partial charge in [-0.1, -0.05) is 29.8 Å². The normalized spacial score (nSPS) is 10.6. The Labute approximate surface area is 212 Å². The highest BCUT2D eigenvalue weighted by Gasteiger charge is 2.15. The lowest BCUT2D eigenvalue weighted by molar-refractivity contribution is -0.118. The first-order valence-electron chi connectivity index (χ1n) is 10.8. The van der Waals surface area contributed by atoms with Crippen LogP contribution < -0.4 is 25.0 Å². The monoisotopic (exact) mass is 539 g/mol. The van der Waals surface area contributed by atoms with Crippen molar-refractivity contribution < 1.29 is 23.8 Å². The molecular weight excluding hydrogens is 514 g/mol. The lowest BCUT2D eigenvalue weighted by atomic mass is 10.1. The number of benzene rings is 3. The predicted molar refractivity (Wildman–Crippen MR) is 139 cm³/mol. The molecule has 2 amide bonds. The largest absolute Gasteiger partial charge is 0.495 e. The topological polar surface area (TPSA) is 98.3 Å². The molecule has 0 heterocycles. The standard InChI is InChI=1S/C26H26BrN3O5/c1-4-34-23-14-18(15-28-30-26(32)19-11-9-17(2)10-12-19)13-20(27)25(23)35-16-24(31)29-21-7-5-6-8-22(21)33-3/h5-15H,4,16H2,1-3H3,(H,29,31)(H,30,32)/b28-15+. The first-order valence-corrected chi connectivity index (χ1v) is 11.6. The van der Waals surface area contributed by atoms with Gasteiger partial charge in [0.05, 0.1) is 30.1 Å². The van der Waals surface area contributed by atoms with Crippen LogP contribution in [0.15, 0.2) is 70.2 Å². The van der Waals surface area contributed by atoms with Gasteiger partial charge >= 0.3 is 0 Å². The maximum absolute atomic E-state index is 12.4. The second-order valence-electron chi connectivity index (χ2n) is 7.37. The third-order valence-electron chi connectivity index (χ3n) is 4.75. The fourth-order valence-corrected chi connectivity index (χ4v) is 3.65. The minimum atomic E-state index is -0.353. The van der Waals surface area contributed by atoms with Crippen molar-refractivity contribution in [1.82, 2.24) is 5.43 Å². The van der Waals surface area contributed by atoms with Crippen molar-refractivity contribution in [3.8, 4) is 17.2 Å². The molecule has 0 aliphatic rings. The zero-order valence-electron chi connectivity index (χ0n) is 19.6. The van der Waals surface area contributed by atoms with Gasteiger partial charge in [0.1, 0.15) is 5.75 Å². The van der Waals surface area contributed by atoms with Crippen LogP contribution in [0.2, 0.25) is 0 Å². The first-order chi connectivity index (χ1) is 16.9. The minimum absolute atomic E-state index is 0.239. The number of nitrogens with one attached hydrogen (secondary N) is 2. The van der Waals surface area contributed by atoms with E-state index in [1.807, 2.05) is 32.0 Å². The van der Waals surface area contributed by atoms with Crippen molar-refractivity contribution in [3.05, 3.63) is 81.8 Å². The second kappa shape index (κ2) is 12.6. The number of carbonyl (C=O) groups excluding carboxylic acids is 2. The van der Waals surface area contributed by atoms with E-state index in [9.17, 15) is 9.59 Å². The van der Waals surface area contributed by atoms with E-state index in [1.54, 1.807) is 42.5 Å². The summed E-state index contributed by atoms with van der Waals surface area (Å²) in [5.41, 5.74) is 5.30. The number of para-hydroxylation sites is 2. The Bertz CT molecular complexity index is 1210. The molecule has 0 aromatic heterocycles. The van der Waals surface area contributed by atoms with Crippen LogP contribution in [-0.2, 0) is 4.79 Å². The van der Waals surface area contributed by atoms with Gasteiger partial charge in [-0.2, -0.15) is 5.10 Å². The van der Waals surface area contributed by atoms with Gasteiger partial charge in [0.25, 0.3) is 11.8 Å². The number of nitrogens with zero attached hydrogens (tertiary/aromatic N) is 1. The number of hydrogen-bond acceptors (Lipinski definition) is 6. The van der Waals surface area contributed by atoms with Gasteiger partial charge in [0, 0.05) is 5.56 Å². The van der Waals surface area contributed by atoms with Crippen molar-refractivity contribution in [2.75, 3.05) is 25.6 Å². The molecule has 9 heteroatoms. The summed E-state index contributed by atoms with van der Waals surface area (Å²) in [5.74, 6) is 0.691. The summed E-state index contributed by atoms with van der Waals surface area (Å²) in [6.45, 7) is 3.94. The quantitative estimate of drug-likeness (QED) is 0.280. The molecule has 182 valence electrons. The van der Waals surface area contributed by atoms with Crippen LogP contribution in [0.1, 0.15) is 28.4 Å². The van der Waals surface area contributed by atoms with Crippen LogP contribution in [0.4, 0.5) is 5.69 Å². The summed E-state index contributed by atoms with van der Waals surface area (Å²) in [6.07, 6.45) is 1.50. The molecule has 0 radical (unpaired) electrons. The third-order valence-corrected chi connectivity index (χ3v) is 5.34. The van der Waals surface area contributed by atoms with Crippen molar-refractivity contribution in [3.63, 3.8) is 0 Å². The number of anilines is 1. The van der Waals surface area contributed by atoms with Crippen molar-refractivity contribution in [1.29, 1.82) is 0 Å². The molecule has 0 fully saturated rings. The number of hydrazone groups is 1. The highest BCUT2D eigenvalue weighted by atomic mass is 79.9. The first kappa shape index (κ1) is 25.8.